The number of likely N-dealkylation sites (tertiary alicyclic amines) is 1. The number of halogens is 1. The lowest BCUT2D eigenvalue weighted by Gasteiger charge is -2.40. The van der Waals surface area contributed by atoms with Gasteiger partial charge in [0.2, 0.25) is 5.91 Å². The number of primary amides is 1. The third kappa shape index (κ3) is 4.55. The summed E-state index contributed by atoms with van der Waals surface area (Å²) < 4.78 is 0. The Morgan fingerprint density at radius 3 is 2.43 bits per heavy atom. The molecule has 1 aromatic heterocycles. The molecule has 2 aromatic carbocycles. The van der Waals surface area contributed by atoms with E-state index in [1.807, 2.05) is 36.4 Å². The van der Waals surface area contributed by atoms with Gasteiger partial charge in [0.1, 0.15) is 0 Å². The van der Waals surface area contributed by atoms with Gasteiger partial charge in [-0.05, 0) is 72.8 Å². The molecule has 1 aliphatic heterocycles. The van der Waals surface area contributed by atoms with Crippen LogP contribution in [0, 0.1) is 5.41 Å². The Labute approximate surface area is 182 Å². The maximum atomic E-state index is 12.5. The first-order valence-electron chi connectivity index (χ1n) is 10.3. The number of benzene rings is 2. The van der Waals surface area contributed by atoms with E-state index in [2.05, 4.69) is 34.1 Å². The minimum Gasteiger partial charge on any atom is -0.369 e. The maximum Gasteiger partial charge on any atom is 0.224 e. The Hall–Kier alpha value is -2.69. The molecule has 0 radical (unpaired) electrons. The van der Waals surface area contributed by atoms with Gasteiger partial charge in [0.15, 0.2) is 0 Å². The second-order valence-electron chi connectivity index (χ2n) is 8.13. The van der Waals surface area contributed by atoms with Crippen LogP contribution in [-0.4, -0.2) is 28.9 Å². The van der Waals surface area contributed by atoms with Crippen LogP contribution in [0.2, 0.25) is 5.02 Å². The smallest absolute Gasteiger partial charge is 0.224 e. The molecule has 1 aliphatic rings. The Balaban J connectivity index is 1.47. The Kier molecular flexibility index (Phi) is 6.16. The molecule has 0 atom stereocenters. The molecule has 4 nitrogen and oxygen atoms in total. The van der Waals surface area contributed by atoms with E-state index in [9.17, 15) is 4.79 Å². The molecule has 154 valence electrons. The number of piperidine rings is 1. The Bertz CT molecular complexity index is 1010. The zero-order valence-electron chi connectivity index (χ0n) is 16.9. The average molecular weight is 420 g/mol. The SMILES string of the molecule is NC(=O)C1(Cc2cccc(-c3ccncc3)c2)CCN(Cc2ccccc2Cl)CC1. The first-order valence-corrected chi connectivity index (χ1v) is 10.7. The van der Waals surface area contributed by atoms with Gasteiger partial charge in [-0.1, -0.05) is 54.1 Å². The molecule has 1 fully saturated rings. The summed E-state index contributed by atoms with van der Waals surface area (Å²) in [7, 11) is 0. The van der Waals surface area contributed by atoms with Crippen LogP contribution in [0.15, 0.2) is 73.1 Å². The molecule has 1 amide bonds. The van der Waals surface area contributed by atoms with E-state index in [0.29, 0.717) is 6.42 Å². The fraction of sp³-hybridized carbons (Fsp3) is 0.280. The number of hydrogen-bond donors (Lipinski definition) is 1. The van der Waals surface area contributed by atoms with Crippen molar-refractivity contribution in [1.82, 2.24) is 9.88 Å². The summed E-state index contributed by atoms with van der Waals surface area (Å²) in [4.78, 5) is 19.0. The van der Waals surface area contributed by atoms with E-state index in [1.165, 1.54) is 0 Å². The molecule has 2 N–H and O–H groups in total. The third-order valence-corrected chi connectivity index (χ3v) is 6.54. The van der Waals surface area contributed by atoms with E-state index in [4.69, 9.17) is 17.3 Å². The first kappa shape index (κ1) is 20.6. The topological polar surface area (TPSA) is 59.2 Å². The molecule has 0 saturated carbocycles. The molecule has 0 bridgehead atoms. The number of aromatic nitrogens is 1. The lowest BCUT2D eigenvalue weighted by atomic mass is 9.73. The highest BCUT2D eigenvalue weighted by Gasteiger charge is 2.40. The van der Waals surface area contributed by atoms with Crippen molar-refractivity contribution in [2.45, 2.75) is 25.8 Å². The van der Waals surface area contributed by atoms with Crippen molar-refractivity contribution >= 4 is 17.5 Å². The van der Waals surface area contributed by atoms with Gasteiger partial charge in [0, 0.05) is 24.0 Å². The fourth-order valence-electron chi connectivity index (χ4n) is 4.31. The molecule has 2 heterocycles. The lowest BCUT2D eigenvalue weighted by Crippen LogP contribution is -2.48. The molecule has 1 saturated heterocycles. The monoisotopic (exact) mass is 419 g/mol. The third-order valence-electron chi connectivity index (χ3n) is 6.17. The second-order valence-corrected chi connectivity index (χ2v) is 8.53. The number of carbonyl (C=O) groups is 1. The largest absolute Gasteiger partial charge is 0.369 e. The van der Waals surface area contributed by atoms with Gasteiger partial charge in [-0.25, -0.2) is 0 Å². The molecular formula is C25H26ClN3O. The molecule has 3 aromatic rings. The predicted molar refractivity (Wildman–Crippen MR) is 121 cm³/mol. The minimum atomic E-state index is -0.506. The van der Waals surface area contributed by atoms with Crippen molar-refractivity contribution in [1.29, 1.82) is 0 Å². The highest BCUT2D eigenvalue weighted by molar-refractivity contribution is 6.31. The van der Waals surface area contributed by atoms with Crippen LogP contribution in [-0.2, 0) is 17.8 Å². The molecule has 0 aliphatic carbocycles. The van der Waals surface area contributed by atoms with Crippen LogP contribution in [0.4, 0.5) is 0 Å². The average Bonchev–Trinajstić information content (AvgIpc) is 2.77. The Morgan fingerprint density at radius 1 is 1.00 bits per heavy atom. The van der Waals surface area contributed by atoms with Crippen LogP contribution < -0.4 is 5.73 Å². The van der Waals surface area contributed by atoms with E-state index in [0.717, 1.165) is 59.8 Å². The summed E-state index contributed by atoms with van der Waals surface area (Å²) in [6, 6.07) is 20.3. The highest BCUT2D eigenvalue weighted by Crippen LogP contribution is 2.36. The first-order chi connectivity index (χ1) is 14.6. The number of hydrogen-bond acceptors (Lipinski definition) is 3. The second kappa shape index (κ2) is 8.99. The summed E-state index contributed by atoms with van der Waals surface area (Å²) in [5.41, 5.74) is 9.94. The van der Waals surface area contributed by atoms with Gasteiger partial charge in [-0.2, -0.15) is 0 Å². The van der Waals surface area contributed by atoms with Crippen molar-refractivity contribution in [2.75, 3.05) is 13.1 Å². The summed E-state index contributed by atoms with van der Waals surface area (Å²) in [6.07, 6.45) is 5.77. The number of carbonyl (C=O) groups excluding carboxylic acids is 1. The molecule has 30 heavy (non-hydrogen) atoms. The van der Waals surface area contributed by atoms with Gasteiger partial charge in [0.25, 0.3) is 0 Å². The normalized spacial score (nSPS) is 16.3. The van der Waals surface area contributed by atoms with Crippen LogP contribution in [0.3, 0.4) is 0 Å². The molecule has 4 rings (SSSR count). The zero-order valence-corrected chi connectivity index (χ0v) is 17.7. The van der Waals surface area contributed by atoms with Crippen molar-refractivity contribution in [3.8, 4) is 11.1 Å². The summed E-state index contributed by atoms with van der Waals surface area (Å²) >= 11 is 6.32. The standard InChI is InChI=1S/C25H26ClN3O/c26-23-7-2-1-5-22(23)18-29-14-10-25(11-15-29,24(27)30)17-19-4-3-6-21(16-19)20-8-12-28-13-9-20/h1-9,12-13,16H,10-11,14-15,17-18H2,(H2,27,30). The molecular weight excluding hydrogens is 394 g/mol. The van der Waals surface area contributed by atoms with Crippen molar-refractivity contribution in [3.63, 3.8) is 0 Å². The van der Waals surface area contributed by atoms with E-state index >= 15 is 0 Å². The van der Waals surface area contributed by atoms with Crippen LogP contribution in [0.25, 0.3) is 11.1 Å². The van der Waals surface area contributed by atoms with E-state index in [1.54, 1.807) is 12.4 Å². The minimum absolute atomic E-state index is 0.200. The van der Waals surface area contributed by atoms with E-state index in [-0.39, 0.29) is 5.91 Å². The van der Waals surface area contributed by atoms with Gasteiger partial charge >= 0.3 is 0 Å². The maximum absolute atomic E-state index is 12.5. The zero-order chi connectivity index (χ0) is 21.0. The summed E-state index contributed by atoms with van der Waals surface area (Å²) in [5, 5.41) is 0.789. The number of pyridine rings is 1. The predicted octanol–water partition coefficient (Wildman–Crippen LogP) is 4.71. The van der Waals surface area contributed by atoms with Gasteiger partial charge in [-0.15, -0.1) is 0 Å². The van der Waals surface area contributed by atoms with E-state index < -0.39 is 5.41 Å². The molecule has 0 spiro atoms. The van der Waals surface area contributed by atoms with Crippen LogP contribution in [0.1, 0.15) is 24.0 Å². The number of nitrogens with two attached hydrogens (primary N) is 1. The number of amides is 1. The van der Waals surface area contributed by atoms with Crippen LogP contribution >= 0.6 is 11.6 Å². The number of rotatable bonds is 6. The van der Waals surface area contributed by atoms with Crippen molar-refractivity contribution in [2.24, 2.45) is 11.1 Å². The highest BCUT2D eigenvalue weighted by atomic mass is 35.5. The number of nitrogens with zero attached hydrogens (tertiary/aromatic N) is 2. The molecule has 5 heteroatoms. The summed E-state index contributed by atoms with van der Waals surface area (Å²) in [5.74, 6) is -0.200. The van der Waals surface area contributed by atoms with Crippen molar-refractivity contribution in [3.05, 3.63) is 89.2 Å². The van der Waals surface area contributed by atoms with Gasteiger partial charge < -0.3 is 5.73 Å². The Morgan fingerprint density at radius 2 is 1.73 bits per heavy atom. The van der Waals surface area contributed by atoms with Crippen molar-refractivity contribution < 1.29 is 4.79 Å². The van der Waals surface area contributed by atoms with Gasteiger partial charge in [0.05, 0.1) is 5.41 Å². The quantitative estimate of drug-likeness (QED) is 0.629. The lowest BCUT2D eigenvalue weighted by molar-refractivity contribution is -0.130. The summed E-state index contributed by atoms with van der Waals surface area (Å²) in [6.45, 7) is 2.46. The fourth-order valence-corrected chi connectivity index (χ4v) is 4.51. The van der Waals surface area contributed by atoms with Gasteiger partial charge in [-0.3, -0.25) is 14.7 Å². The molecule has 0 unspecified atom stereocenters. The van der Waals surface area contributed by atoms with Crippen LogP contribution in [0.5, 0.6) is 0 Å².